The van der Waals surface area contributed by atoms with Gasteiger partial charge in [0.15, 0.2) is 6.29 Å². The van der Waals surface area contributed by atoms with Crippen LogP contribution in [0.3, 0.4) is 0 Å². The first kappa shape index (κ1) is 9.22. The van der Waals surface area contributed by atoms with Crippen molar-refractivity contribution in [3.8, 4) is 0 Å². The SMILES string of the molecule is COC(C)OCn1ccnc1C. The Labute approximate surface area is 72.1 Å². The van der Waals surface area contributed by atoms with E-state index in [9.17, 15) is 0 Å². The average Bonchev–Trinajstić information content (AvgIpc) is 2.47. The highest BCUT2D eigenvalue weighted by atomic mass is 16.7. The summed E-state index contributed by atoms with van der Waals surface area (Å²) in [5, 5.41) is 0. The summed E-state index contributed by atoms with van der Waals surface area (Å²) in [7, 11) is 1.62. The molecule has 1 aromatic heterocycles. The highest BCUT2D eigenvalue weighted by Gasteiger charge is 2.00. The quantitative estimate of drug-likeness (QED) is 0.636. The molecule has 0 saturated heterocycles. The second-order valence-electron chi connectivity index (χ2n) is 2.54. The van der Waals surface area contributed by atoms with Crippen LogP contribution in [0.2, 0.25) is 0 Å². The van der Waals surface area contributed by atoms with Crippen LogP contribution in [0.5, 0.6) is 0 Å². The number of aryl methyl sites for hydroxylation is 1. The monoisotopic (exact) mass is 170 g/mol. The van der Waals surface area contributed by atoms with Crippen molar-refractivity contribution in [1.82, 2.24) is 9.55 Å². The first-order valence-electron chi connectivity index (χ1n) is 3.86. The molecule has 1 aromatic rings. The summed E-state index contributed by atoms with van der Waals surface area (Å²) in [6, 6.07) is 0. The highest BCUT2D eigenvalue weighted by molar-refractivity contribution is 4.86. The third kappa shape index (κ3) is 2.32. The number of ether oxygens (including phenoxy) is 2. The van der Waals surface area contributed by atoms with E-state index in [-0.39, 0.29) is 6.29 Å². The van der Waals surface area contributed by atoms with Crippen molar-refractivity contribution in [2.75, 3.05) is 7.11 Å². The molecular weight excluding hydrogens is 156 g/mol. The van der Waals surface area contributed by atoms with Gasteiger partial charge in [-0.15, -0.1) is 0 Å². The zero-order valence-corrected chi connectivity index (χ0v) is 7.65. The Morgan fingerprint density at radius 1 is 1.67 bits per heavy atom. The molecule has 0 radical (unpaired) electrons. The van der Waals surface area contributed by atoms with E-state index < -0.39 is 0 Å². The molecule has 0 N–H and O–H groups in total. The maximum atomic E-state index is 5.32. The minimum Gasteiger partial charge on any atom is -0.356 e. The Morgan fingerprint density at radius 2 is 2.42 bits per heavy atom. The maximum absolute atomic E-state index is 5.32. The number of aromatic nitrogens is 2. The Balaban J connectivity index is 2.38. The van der Waals surface area contributed by atoms with Gasteiger partial charge in [0.25, 0.3) is 0 Å². The van der Waals surface area contributed by atoms with Crippen molar-refractivity contribution in [1.29, 1.82) is 0 Å². The first-order chi connectivity index (χ1) is 5.74. The molecule has 12 heavy (non-hydrogen) atoms. The number of hydrogen-bond acceptors (Lipinski definition) is 3. The van der Waals surface area contributed by atoms with Crippen molar-refractivity contribution in [2.45, 2.75) is 26.9 Å². The molecule has 0 bridgehead atoms. The predicted molar refractivity (Wildman–Crippen MR) is 44.5 cm³/mol. The van der Waals surface area contributed by atoms with Gasteiger partial charge in [-0.25, -0.2) is 4.98 Å². The lowest BCUT2D eigenvalue weighted by Gasteiger charge is -2.11. The van der Waals surface area contributed by atoms with Crippen molar-refractivity contribution in [2.24, 2.45) is 0 Å². The molecule has 0 aliphatic rings. The Kier molecular flexibility index (Phi) is 3.25. The molecule has 0 aliphatic heterocycles. The van der Waals surface area contributed by atoms with Crippen LogP contribution < -0.4 is 0 Å². The topological polar surface area (TPSA) is 36.3 Å². The number of rotatable bonds is 4. The number of hydrogen-bond donors (Lipinski definition) is 0. The minimum atomic E-state index is -0.174. The van der Waals surface area contributed by atoms with Crippen molar-refractivity contribution < 1.29 is 9.47 Å². The Hall–Kier alpha value is -0.870. The molecule has 1 atom stereocenters. The van der Waals surface area contributed by atoms with Gasteiger partial charge in [0.1, 0.15) is 12.6 Å². The zero-order valence-electron chi connectivity index (χ0n) is 7.65. The smallest absolute Gasteiger partial charge is 0.156 e. The Bertz CT molecular complexity index is 235. The fraction of sp³-hybridized carbons (Fsp3) is 0.625. The van der Waals surface area contributed by atoms with Gasteiger partial charge < -0.3 is 14.0 Å². The summed E-state index contributed by atoms with van der Waals surface area (Å²) >= 11 is 0. The summed E-state index contributed by atoms with van der Waals surface area (Å²) in [6.07, 6.45) is 3.44. The van der Waals surface area contributed by atoms with Gasteiger partial charge in [-0.3, -0.25) is 0 Å². The highest BCUT2D eigenvalue weighted by Crippen LogP contribution is 1.98. The number of imidazole rings is 1. The van der Waals surface area contributed by atoms with Gasteiger partial charge in [0.2, 0.25) is 0 Å². The van der Waals surface area contributed by atoms with Crippen molar-refractivity contribution in [3.63, 3.8) is 0 Å². The lowest BCUT2D eigenvalue weighted by Crippen LogP contribution is -2.13. The maximum Gasteiger partial charge on any atom is 0.156 e. The zero-order chi connectivity index (χ0) is 8.97. The molecule has 1 heterocycles. The second-order valence-corrected chi connectivity index (χ2v) is 2.54. The van der Waals surface area contributed by atoms with Crippen LogP contribution in [0.25, 0.3) is 0 Å². The average molecular weight is 170 g/mol. The van der Waals surface area contributed by atoms with Crippen LogP contribution >= 0.6 is 0 Å². The summed E-state index contributed by atoms with van der Waals surface area (Å²) in [6.45, 7) is 4.27. The normalized spacial score (nSPS) is 13.2. The van der Waals surface area contributed by atoms with E-state index >= 15 is 0 Å². The van der Waals surface area contributed by atoms with E-state index in [4.69, 9.17) is 9.47 Å². The summed E-state index contributed by atoms with van der Waals surface area (Å²) < 4.78 is 12.2. The van der Waals surface area contributed by atoms with E-state index in [0.717, 1.165) is 5.82 Å². The van der Waals surface area contributed by atoms with E-state index in [0.29, 0.717) is 6.73 Å². The van der Waals surface area contributed by atoms with E-state index in [1.807, 2.05) is 24.6 Å². The van der Waals surface area contributed by atoms with Gasteiger partial charge in [-0.1, -0.05) is 0 Å². The van der Waals surface area contributed by atoms with Crippen LogP contribution in [-0.2, 0) is 16.2 Å². The molecule has 4 heteroatoms. The molecule has 0 spiro atoms. The van der Waals surface area contributed by atoms with Crippen LogP contribution in [0, 0.1) is 6.92 Å². The largest absolute Gasteiger partial charge is 0.356 e. The van der Waals surface area contributed by atoms with Gasteiger partial charge in [0.05, 0.1) is 0 Å². The molecule has 68 valence electrons. The summed E-state index contributed by atoms with van der Waals surface area (Å²) in [5.74, 6) is 0.943. The van der Waals surface area contributed by atoms with Gasteiger partial charge >= 0.3 is 0 Å². The lowest BCUT2D eigenvalue weighted by atomic mass is 10.7. The number of nitrogens with zero attached hydrogens (tertiary/aromatic N) is 2. The molecular formula is C8H14N2O2. The van der Waals surface area contributed by atoms with Crippen LogP contribution in [0.1, 0.15) is 12.7 Å². The van der Waals surface area contributed by atoms with E-state index in [1.165, 1.54) is 0 Å². The standard InChI is InChI=1S/C8H14N2O2/c1-7-9-4-5-10(7)6-12-8(2)11-3/h4-5,8H,6H2,1-3H3. The first-order valence-corrected chi connectivity index (χ1v) is 3.86. The Morgan fingerprint density at radius 3 is 2.92 bits per heavy atom. The van der Waals surface area contributed by atoms with Crippen molar-refractivity contribution >= 4 is 0 Å². The van der Waals surface area contributed by atoms with Gasteiger partial charge in [-0.05, 0) is 13.8 Å². The third-order valence-corrected chi connectivity index (χ3v) is 1.70. The lowest BCUT2D eigenvalue weighted by molar-refractivity contribution is -0.134. The fourth-order valence-corrected chi connectivity index (χ4v) is 0.793. The minimum absolute atomic E-state index is 0.174. The molecule has 1 rings (SSSR count). The molecule has 0 aromatic carbocycles. The van der Waals surface area contributed by atoms with Crippen molar-refractivity contribution in [3.05, 3.63) is 18.2 Å². The summed E-state index contributed by atoms with van der Waals surface area (Å²) in [4.78, 5) is 4.06. The third-order valence-electron chi connectivity index (χ3n) is 1.70. The second kappa shape index (κ2) is 4.23. The van der Waals surface area contributed by atoms with Crippen LogP contribution in [-0.4, -0.2) is 23.0 Å². The van der Waals surface area contributed by atoms with Gasteiger partial charge in [0, 0.05) is 19.5 Å². The molecule has 0 amide bonds. The predicted octanol–water partition coefficient (Wildman–Crippen LogP) is 1.16. The van der Waals surface area contributed by atoms with Gasteiger partial charge in [-0.2, -0.15) is 0 Å². The van der Waals surface area contributed by atoms with Crippen LogP contribution in [0.15, 0.2) is 12.4 Å². The molecule has 1 unspecified atom stereocenters. The molecule has 0 aliphatic carbocycles. The van der Waals surface area contributed by atoms with Crippen LogP contribution in [0.4, 0.5) is 0 Å². The fourth-order valence-electron chi connectivity index (χ4n) is 0.793. The molecule has 0 saturated carbocycles. The summed E-state index contributed by atoms with van der Waals surface area (Å²) in [5.41, 5.74) is 0. The van der Waals surface area contributed by atoms with E-state index in [2.05, 4.69) is 4.98 Å². The molecule has 0 fully saturated rings. The van der Waals surface area contributed by atoms with E-state index in [1.54, 1.807) is 13.3 Å². The number of methoxy groups -OCH3 is 1. The molecule has 4 nitrogen and oxygen atoms in total.